The summed E-state index contributed by atoms with van der Waals surface area (Å²) in [5, 5.41) is 14.3. The lowest BCUT2D eigenvalue weighted by Gasteiger charge is -2.29. The Morgan fingerprint density at radius 2 is 1.67 bits per heavy atom. The molecule has 4 rings (SSSR count). The molecule has 0 bridgehead atoms. The minimum absolute atomic E-state index is 0.00619. The molecular formula is C25H28N2O5S. The first-order chi connectivity index (χ1) is 15.9. The van der Waals surface area contributed by atoms with Crippen LogP contribution in [0, 0.1) is 5.92 Å². The fourth-order valence-electron chi connectivity index (χ4n) is 4.43. The van der Waals surface area contributed by atoms with Crippen LogP contribution in [0.2, 0.25) is 0 Å². The fourth-order valence-corrected chi connectivity index (χ4v) is 5.00. The van der Waals surface area contributed by atoms with Gasteiger partial charge in [-0.2, -0.15) is 0 Å². The molecule has 2 aromatic rings. The molecule has 0 heterocycles. The number of benzene rings is 2. The Hall–Kier alpha value is -3.00. The second-order valence-electron chi connectivity index (χ2n) is 8.63. The molecule has 174 valence electrons. The molecule has 2 aliphatic carbocycles. The summed E-state index contributed by atoms with van der Waals surface area (Å²) in [6.45, 7) is 2.26. The highest BCUT2D eigenvalue weighted by Crippen LogP contribution is 2.44. The number of hydrogen-bond acceptors (Lipinski definition) is 5. The number of rotatable bonds is 10. The van der Waals surface area contributed by atoms with Crippen LogP contribution >= 0.6 is 11.8 Å². The van der Waals surface area contributed by atoms with Gasteiger partial charge < -0.3 is 20.5 Å². The molecule has 1 fully saturated rings. The van der Waals surface area contributed by atoms with E-state index in [1.807, 2.05) is 24.3 Å². The van der Waals surface area contributed by atoms with Gasteiger partial charge in [0.2, 0.25) is 5.91 Å². The lowest BCUT2D eigenvalue weighted by Crippen LogP contribution is -2.58. The normalized spacial score (nSPS) is 16.3. The van der Waals surface area contributed by atoms with Gasteiger partial charge in [-0.1, -0.05) is 48.5 Å². The highest BCUT2D eigenvalue weighted by atomic mass is 32.2. The van der Waals surface area contributed by atoms with Crippen molar-refractivity contribution in [2.45, 2.75) is 31.2 Å². The zero-order valence-corrected chi connectivity index (χ0v) is 19.3. The number of carboxylic acid groups (broad SMARTS) is 1. The molecule has 0 aliphatic heterocycles. The van der Waals surface area contributed by atoms with E-state index in [1.165, 1.54) is 11.8 Å². The zero-order chi connectivity index (χ0) is 23.4. The molecule has 0 saturated heterocycles. The van der Waals surface area contributed by atoms with E-state index in [9.17, 15) is 14.4 Å². The number of hydrogen-bond donors (Lipinski definition) is 3. The number of carboxylic acids is 1. The first kappa shape index (κ1) is 23.2. The second-order valence-corrected chi connectivity index (χ2v) is 9.73. The minimum Gasteiger partial charge on any atom is -0.481 e. The number of carbonyl (C=O) groups excluding carboxylic acids is 2. The zero-order valence-electron chi connectivity index (χ0n) is 18.5. The van der Waals surface area contributed by atoms with Gasteiger partial charge in [0.25, 0.3) is 0 Å². The maximum absolute atomic E-state index is 12.9. The molecule has 2 aromatic carbocycles. The number of amides is 2. The third-order valence-corrected chi connectivity index (χ3v) is 7.27. The van der Waals surface area contributed by atoms with Gasteiger partial charge in [0.05, 0.1) is 5.75 Å². The van der Waals surface area contributed by atoms with Crippen molar-refractivity contribution in [3.63, 3.8) is 0 Å². The first-order valence-corrected chi connectivity index (χ1v) is 12.3. The molecule has 1 unspecified atom stereocenters. The smallest absolute Gasteiger partial charge is 0.408 e. The van der Waals surface area contributed by atoms with Crippen LogP contribution < -0.4 is 10.6 Å². The van der Waals surface area contributed by atoms with Crippen molar-refractivity contribution in [2.75, 3.05) is 24.7 Å². The quantitative estimate of drug-likeness (QED) is 0.460. The van der Waals surface area contributed by atoms with Crippen molar-refractivity contribution >= 4 is 29.7 Å². The number of nitrogens with one attached hydrogen (secondary N) is 2. The van der Waals surface area contributed by atoms with E-state index in [1.54, 1.807) is 6.92 Å². The summed E-state index contributed by atoms with van der Waals surface area (Å²) >= 11 is 1.24. The third-order valence-electron chi connectivity index (χ3n) is 6.33. The van der Waals surface area contributed by atoms with Gasteiger partial charge >= 0.3 is 12.1 Å². The Balaban J connectivity index is 1.35. The molecule has 7 nitrogen and oxygen atoms in total. The van der Waals surface area contributed by atoms with E-state index in [4.69, 9.17) is 9.84 Å². The van der Waals surface area contributed by atoms with Gasteiger partial charge in [-0.15, -0.1) is 11.8 Å². The molecule has 33 heavy (non-hydrogen) atoms. The molecule has 2 aliphatic rings. The number of carbonyl (C=O) groups is 3. The molecule has 0 spiro atoms. The molecule has 0 radical (unpaired) electrons. The summed E-state index contributed by atoms with van der Waals surface area (Å²) in [4.78, 5) is 36.2. The highest BCUT2D eigenvalue weighted by molar-refractivity contribution is 7.99. The second kappa shape index (κ2) is 9.87. The molecule has 2 amide bonds. The van der Waals surface area contributed by atoms with Gasteiger partial charge in [0.15, 0.2) is 0 Å². The van der Waals surface area contributed by atoms with Crippen molar-refractivity contribution in [1.82, 2.24) is 10.6 Å². The molecule has 8 heteroatoms. The SMILES string of the molecule is CC(NC(=O)OCC1c2ccccc2-c2ccccc21)(C(=O)NCCSCC(=O)O)C1CC1. The van der Waals surface area contributed by atoms with Crippen molar-refractivity contribution in [3.8, 4) is 11.1 Å². The molecule has 1 saturated carbocycles. The summed E-state index contributed by atoms with van der Waals surface area (Å²) in [5.74, 6) is -0.655. The summed E-state index contributed by atoms with van der Waals surface area (Å²) in [7, 11) is 0. The largest absolute Gasteiger partial charge is 0.481 e. The van der Waals surface area contributed by atoms with Gasteiger partial charge in [0, 0.05) is 18.2 Å². The first-order valence-electron chi connectivity index (χ1n) is 11.1. The van der Waals surface area contributed by atoms with Crippen LogP contribution in [0.25, 0.3) is 11.1 Å². The molecular weight excluding hydrogens is 440 g/mol. The van der Waals surface area contributed by atoms with E-state index in [2.05, 4.69) is 34.9 Å². The Labute approximate surface area is 197 Å². The molecule has 1 atom stereocenters. The number of alkyl carbamates (subject to hydrolysis) is 1. The minimum atomic E-state index is -1.06. The maximum atomic E-state index is 12.9. The number of aliphatic carboxylic acids is 1. The molecule has 0 aromatic heterocycles. The Bertz CT molecular complexity index is 1010. The lowest BCUT2D eigenvalue weighted by molar-refractivity contribution is -0.134. The van der Waals surface area contributed by atoms with Gasteiger partial charge in [-0.3, -0.25) is 9.59 Å². The van der Waals surface area contributed by atoms with Crippen LogP contribution in [-0.2, 0) is 14.3 Å². The van der Waals surface area contributed by atoms with Crippen LogP contribution in [-0.4, -0.2) is 53.3 Å². The van der Waals surface area contributed by atoms with E-state index in [0.717, 1.165) is 35.1 Å². The van der Waals surface area contributed by atoms with E-state index in [0.29, 0.717) is 12.3 Å². The summed E-state index contributed by atoms with van der Waals surface area (Å²) in [5.41, 5.74) is 3.52. The van der Waals surface area contributed by atoms with Gasteiger partial charge in [-0.25, -0.2) is 4.79 Å². The van der Waals surface area contributed by atoms with Crippen LogP contribution in [0.4, 0.5) is 4.79 Å². The van der Waals surface area contributed by atoms with Crippen molar-refractivity contribution in [1.29, 1.82) is 0 Å². The van der Waals surface area contributed by atoms with Crippen LogP contribution in [0.3, 0.4) is 0 Å². The van der Waals surface area contributed by atoms with Crippen LogP contribution in [0.1, 0.15) is 36.8 Å². The van der Waals surface area contributed by atoms with E-state index < -0.39 is 17.6 Å². The van der Waals surface area contributed by atoms with Gasteiger partial charge in [0.1, 0.15) is 12.1 Å². The number of ether oxygens (including phenoxy) is 1. The Morgan fingerprint density at radius 3 is 2.24 bits per heavy atom. The Morgan fingerprint density at radius 1 is 1.06 bits per heavy atom. The number of fused-ring (bicyclic) bond motifs is 3. The fraction of sp³-hybridized carbons (Fsp3) is 0.400. The standard InChI is InChI=1S/C25H28N2O5S/c1-25(16-10-11-16,23(30)26-12-13-33-15-22(28)29)27-24(31)32-14-21-19-8-4-2-6-17(19)18-7-3-5-9-20(18)21/h2-9,16,21H,10-15H2,1H3,(H,26,30)(H,27,31)(H,28,29). The summed E-state index contributed by atoms with van der Waals surface area (Å²) in [6, 6.07) is 16.3. The maximum Gasteiger partial charge on any atom is 0.408 e. The van der Waals surface area contributed by atoms with Crippen molar-refractivity contribution < 1.29 is 24.2 Å². The summed E-state index contributed by atoms with van der Waals surface area (Å²) in [6.07, 6.45) is 1.12. The Kier molecular flexibility index (Phi) is 6.93. The van der Waals surface area contributed by atoms with E-state index >= 15 is 0 Å². The van der Waals surface area contributed by atoms with Gasteiger partial charge in [-0.05, 0) is 47.9 Å². The predicted octanol–water partition coefficient (Wildman–Crippen LogP) is 3.63. The average Bonchev–Trinajstić information content (AvgIpc) is 3.61. The summed E-state index contributed by atoms with van der Waals surface area (Å²) < 4.78 is 5.63. The van der Waals surface area contributed by atoms with Crippen LogP contribution in [0.5, 0.6) is 0 Å². The highest BCUT2D eigenvalue weighted by Gasteiger charge is 2.48. The van der Waals surface area contributed by atoms with Crippen molar-refractivity contribution in [3.05, 3.63) is 59.7 Å². The van der Waals surface area contributed by atoms with Crippen LogP contribution in [0.15, 0.2) is 48.5 Å². The van der Waals surface area contributed by atoms with E-state index in [-0.39, 0.29) is 30.1 Å². The predicted molar refractivity (Wildman–Crippen MR) is 127 cm³/mol. The molecule has 3 N–H and O–H groups in total. The van der Waals surface area contributed by atoms with Crippen molar-refractivity contribution in [2.24, 2.45) is 5.92 Å². The third kappa shape index (κ3) is 5.16. The average molecular weight is 469 g/mol. The topological polar surface area (TPSA) is 105 Å². The monoisotopic (exact) mass is 468 g/mol. The number of thioether (sulfide) groups is 1. The lowest BCUT2D eigenvalue weighted by atomic mass is 9.94.